The van der Waals surface area contributed by atoms with Crippen LogP contribution in [0.2, 0.25) is 0 Å². The molecule has 4 heteroatoms. The Labute approximate surface area is 65.4 Å². The second-order valence-corrected chi connectivity index (χ2v) is 1.76. The predicted octanol–water partition coefficient (Wildman–Crippen LogP) is 2.03. The molecular formula is C5H12BrNO2. The van der Waals surface area contributed by atoms with E-state index in [4.69, 9.17) is 0 Å². The molecular weight excluding hydrogens is 186 g/mol. The molecule has 9 heavy (non-hydrogen) atoms. The third-order valence-electron chi connectivity index (χ3n) is 0.944. The minimum absolute atomic E-state index is 0. The Kier molecular flexibility index (Phi) is 10.2. The third kappa shape index (κ3) is 11.4. The van der Waals surface area contributed by atoms with Crippen molar-refractivity contribution in [2.24, 2.45) is 0 Å². The van der Waals surface area contributed by atoms with Gasteiger partial charge in [-0.15, -0.1) is 17.0 Å². The van der Waals surface area contributed by atoms with Gasteiger partial charge in [0.25, 0.3) is 0 Å². The number of nitro groups is 1. The molecule has 0 aromatic rings. The van der Waals surface area contributed by atoms with Crippen molar-refractivity contribution in [1.82, 2.24) is 0 Å². The molecule has 0 aliphatic rings. The Morgan fingerprint density at radius 1 is 1.44 bits per heavy atom. The van der Waals surface area contributed by atoms with E-state index in [0.29, 0.717) is 0 Å². The lowest BCUT2D eigenvalue weighted by Crippen LogP contribution is -1.99. The first kappa shape index (κ1) is 11.6. The van der Waals surface area contributed by atoms with Crippen molar-refractivity contribution in [2.45, 2.75) is 26.2 Å². The minimum Gasteiger partial charge on any atom is -0.265 e. The maximum Gasteiger partial charge on any atom is 0.203 e. The van der Waals surface area contributed by atoms with Gasteiger partial charge in [-0.25, -0.2) is 0 Å². The zero-order chi connectivity index (χ0) is 6.41. The summed E-state index contributed by atoms with van der Waals surface area (Å²) in [7, 11) is 0. The van der Waals surface area contributed by atoms with Crippen LogP contribution in [0, 0.1) is 10.1 Å². The second-order valence-electron chi connectivity index (χ2n) is 1.76. The van der Waals surface area contributed by atoms with Gasteiger partial charge in [0.2, 0.25) is 6.54 Å². The van der Waals surface area contributed by atoms with Gasteiger partial charge in [0.05, 0.1) is 0 Å². The quantitative estimate of drug-likeness (QED) is 0.394. The largest absolute Gasteiger partial charge is 0.265 e. The summed E-state index contributed by atoms with van der Waals surface area (Å²) < 4.78 is 0. The van der Waals surface area contributed by atoms with E-state index in [1.54, 1.807) is 0 Å². The zero-order valence-electron chi connectivity index (χ0n) is 5.50. The molecule has 0 aliphatic heterocycles. The van der Waals surface area contributed by atoms with Crippen molar-refractivity contribution >= 4 is 17.0 Å². The number of unbranched alkanes of at least 4 members (excludes halogenated alkanes) is 2. The summed E-state index contributed by atoms with van der Waals surface area (Å²) in [5.41, 5.74) is 0. The van der Waals surface area contributed by atoms with E-state index in [0.717, 1.165) is 19.3 Å². The highest BCUT2D eigenvalue weighted by Crippen LogP contribution is 1.92. The molecule has 0 heterocycles. The fraction of sp³-hybridized carbons (Fsp3) is 1.00. The molecule has 0 rings (SSSR count). The smallest absolute Gasteiger partial charge is 0.203 e. The Hall–Kier alpha value is -0.120. The highest BCUT2D eigenvalue weighted by molar-refractivity contribution is 8.93. The predicted molar refractivity (Wildman–Crippen MR) is 41.7 cm³/mol. The van der Waals surface area contributed by atoms with Crippen molar-refractivity contribution < 1.29 is 4.92 Å². The van der Waals surface area contributed by atoms with E-state index in [-0.39, 0.29) is 28.4 Å². The van der Waals surface area contributed by atoms with Crippen LogP contribution in [0.1, 0.15) is 26.2 Å². The zero-order valence-corrected chi connectivity index (χ0v) is 7.21. The molecule has 0 bridgehead atoms. The molecule has 0 N–H and O–H groups in total. The van der Waals surface area contributed by atoms with Gasteiger partial charge in [0, 0.05) is 11.3 Å². The lowest BCUT2D eigenvalue weighted by Gasteiger charge is -1.88. The molecule has 0 unspecified atom stereocenters. The first-order valence-electron chi connectivity index (χ1n) is 2.89. The molecule has 3 nitrogen and oxygen atoms in total. The summed E-state index contributed by atoms with van der Waals surface area (Å²) in [5, 5.41) is 9.68. The van der Waals surface area contributed by atoms with E-state index >= 15 is 0 Å². The minimum atomic E-state index is -0.268. The van der Waals surface area contributed by atoms with Crippen molar-refractivity contribution in [3.63, 3.8) is 0 Å². The van der Waals surface area contributed by atoms with Gasteiger partial charge in [-0.1, -0.05) is 13.3 Å². The Balaban J connectivity index is 0. The van der Waals surface area contributed by atoms with E-state index < -0.39 is 0 Å². The van der Waals surface area contributed by atoms with Gasteiger partial charge in [-0.2, -0.15) is 0 Å². The fourth-order valence-electron chi connectivity index (χ4n) is 0.491. The van der Waals surface area contributed by atoms with Crippen LogP contribution >= 0.6 is 17.0 Å². The SMILES string of the molecule is Br.CCCCC[N+](=O)[O-]. The molecule has 0 saturated carbocycles. The summed E-state index contributed by atoms with van der Waals surface area (Å²) in [6.45, 7) is 2.16. The molecule has 0 saturated heterocycles. The van der Waals surface area contributed by atoms with Crippen LogP contribution in [-0.2, 0) is 0 Å². The number of rotatable bonds is 4. The van der Waals surface area contributed by atoms with E-state index in [1.165, 1.54) is 0 Å². The lowest BCUT2D eigenvalue weighted by molar-refractivity contribution is -0.480. The summed E-state index contributed by atoms with van der Waals surface area (Å²) in [4.78, 5) is 9.41. The van der Waals surface area contributed by atoms with Gasteiger partial charge < -0.3 is 0 Å². The van der Waals surface area contributed by atoms with Crippen LogP contribution in [0.5, 0.6) is 0 Å². The van der Waals surface area contributed by atoms with Crippen molar-refractivity contribution in [3.05, 3.63) is 10.1 Å². The molecule has 0 atom stereocenters. The monoisotopic (exact) mass is 197 g/mol. The average Bonchev–Trinajstić information content (AvgIpc) is 1.66. The number of nitrogens with zero attached hydrogens (tertiary/aromatic N) is 1. The maximum atomic E-state index is 9.68. The molecule has 0 fully saturated rings. The Bertz CT molecular complexity index is 77.4. The van der Waals surface area contributed by atoms with Crippen LogP contribution in [0.3, 0.4) is 0 Å². The number of halogens is 1. The summed E-state index contributed by atoms with van der Waals surface area (Å²) in [6.07, 6.45) is 2.75. The van der Waals surface area contributed by atoms with Gasteiger partial charge in [0.15, 0.2) is 0 Å². The Morgan fingerprint density at radius 3 is 2.33 bits per heavy atom. The van der Waals surface area contributed by atoms with Crippen molar-refractivity contribution in [3.8, 4) is 0 Å². The first-order valence-corrected chi connectivity index (χ1v) is 2.89. The normalized spacial score (nSPS) is 8.11. The fourth-order valence-corrected chi connectivity index (χ4v) is 0.491. The number of hydrogen-bond donors (Lipinski definition) is 0. The highest BCUT2D eigenvalue weighted by Gasteiger charge is 1.92. The molecule has 0 radical (unpaired) electrons. The standard InChI is InChI=1S/C5H11NO2.BrH/c1-2-3-4-5-6(7)8;/h2-5H2,1H3;1H. The van der Waals surface area contributed by atoms with Crippen LogP contribution in [0.25, 0.3) is 0 Å². The topological polar surface area (TPSA) is 43.1 Å². The highest BCUT2D eigenvalue weighted by atomic mass is 79.9. The summed E-state index contributed by atoms with van der Waals surface area (Å²) >= 11 is 0. The molecule has 0 aromatic carbocycles. The lowest BCUT2D eigenvalue weighted by atomic mass is 10.3. The number of hydrogen-bond acceptors (Lipinski definition) is 2. The summed E-state index contributed by atoms with van der Waals surface area (Å²) in [5.74, 6) is 0. The van der Waals surface area contributed by atoms with Crippen molar-refractivity contribution in [1.29, 1.82) is 0 Å². The van der Waals surface area contributed by atoms with Crippen LogP contribution in [0.15, 0.2) is 0 Å². The first-order chi connectivity index (χ1) is 3.77. The van der Waals surface area contributed by atoms with E-state index in [9.17, 15) is 10.1 Å². The van der Waals surface area contributed by atoms with Gasteiger partial charge >= 0.3 is 0 Å². The van der Waals surface area contributed by atoms with Gasteiger partial charge in [-0.05, 0) is 6.42 Å². The van der Waals surface area contributed by atoms with Gasteiger partial charge in [0.1, 0.15) is 0 Å². The summed E-state index contributed by atoms with van der Waals surface area (Å²) in [6, 6.07) is 0. The second kappa shape index (κ2) is 7.88. The van der Waals surface area contributed by atoms with E-state index in [1.807, 2.05) is 6.92 Å². The third-order valence-corrected chi connectivity index (χ3v) is 0.944. The molecule has 0 spiro atoms. The molecule has 0 aliphatic carbocycles. The van der Waals surface area contributed by atoms with Crippen LogP contribution in [-0.4, -0.2) is 11.5 Å². The van der Waals surface area contributed by atoms with Crippen LogP contribution in [0.4, 0.5) is 0 Å². The molecule has 56 valence electrons. The van der Waals surface area contributed by atoms with Crippen LogP contribution < -0.4 is 0 Å². The molecule has 0 aromatic heterocycles. The maximum absolute atomic E-state index is 9.68. The van der Waals surface area contributed by atoms with E-state index in [2.05, 4.69) is 0 Å². The Morgan fingerprint density at radius 2 is 2.00 bits per heavy atom. The molecule has 0 amide bonds. The average molecular weight is 198 g/mol. The van der Waals surface area contributed by atoms with Crippen molar-refractivity contribution in [2.75, 3.05) is 6.54 Å². The van der Waals surface area contributed by atoms with Gasteiger partial charge in [-0.3, -0.25) is 10.1 Å².